The van der Waals surface area contributed by atoms with Crippen LogP contribution in [0.4, 0.5) is 0 Å². The summed E-state index contributed by atoms with van der Waals surface area (Å²) in [5, 5.41) is 0. The molecule has 102 valence electrons. The summed E-state index contributed by atoms with van der Waals surface area (Å²) < 4.78 is 2.17. The molecule has 0 aliphatic carbocycles. The van der Waals surface area contributed by atoms with Crippen molar-refractivity contribution in [2.24, 2.45) is 0 Å². The second kappa shape index (κ2) is 5.12. The monoisotopic (exact) mass is 256 g/mol. The second-order valence-electron chi connectivity index (χ2n) is 5.60. The molecular weight excluding hydrogens is 232 g/mol. The first-order chi connectivity index (χ1) is 8.90. The van der Waals surface area contributed by atoms with E-state index in [0.717, 1.165) is 0 Å². The number of hydrogen-bond donors (Lipinski definition) is 1. The first-order valence-corrected chi connectivity index (χ1v) is 6.89. The van der Waals surface area contributed by atoms with Crippen molar-refractivity contribution in [2.75, 3.05) is 5.43 Å². The van der Waals surface area contributed by atoms with Crippen LogP contribution in [0.3, 0.4) is 0 Å². The molecule has 1 atom stereocenters. The molecule has 1 N–H and O–H groups in total. The van der Waals surface area contributed by atoms with Crippen molar-refractivity contribution in [2.45, 2.75) is 47.6 Å². The van der Waals surface area contributed by atoms with Crippen LogP contribution in [-0.2, 0) is 0 Å². The number of benzene rings is 1. The summed E-state index contributed by atoms with van der Waals surface area (Å²) in [4.78, 5) is 0. The Balaban J connectivity index is 2.30. The van der Waals surface area contributed by atoms with Crippen LogP contribution in [0.2, 0.25) is 0 Å². The largest absolute Gasteiger partial charge is 0.319 e. The molecule has 0 spiro atoms. The van der Waals surface area contributed by atoms with Gasteiger partial charge >= 0.3 is 0 Å². The van der Waals surface area contributed by atoms with Crippen LogP contribution in [0.15, 0.2) is 24.3 Å². The summed E-state index contributed by atoms with van der Waals surface area (Å²) in [6.45, 7) is 13.0. The number of hydrogen-bond acceptors (Lipinski definition) is 1. The molecule has 2 aromatic rings. The van der Waals surface area contributed by atoms with E-state index in [2.05, 4.69) is 75.9 Å². The van der Waals surface area contributed by atoms with Gasteiger partial charge in [-0.1, -0.05) is 12.1 Å². The van der Waals surface area contributed by atoms with E-state index in [0.29, 0.717) is 6.04 Å². The highest BCUT2D eigenvalue weighted by Gasteiger charge is 2.11. The summed E-state index contributed by atoms with van der Waals surface area (Å²) in [5.41, 5.74) is 11.5. The molecule has 0 radical (unpaired) electrons. The fraction of sp³-hybridized carbons (Fsp3) is 0.412. The normalized spacial score (nSPS) is 12.5. The van der Waals surface area contributed by atoms with Crippen molar-refractivity contribution in [1.29, 1.82) is 0 Å². The predicted molar refractivity (Wildman–Crippen MR) is 82.3 cm³/mol. The number of aromatic nitrogens is 1. The molecule has 0 fully saturated rings. The Kier molecular flexibility index (Phi) is 3.70. The molecule has 2 heteroatoms. The first kappa shape index (κ1) is 13.7. The highest BCUT2D eigenvalue weighted by atomic mass is 15.4. The summed E-state index contributed by atoms with van der Waals surface area (Å²) in [7, 11) is 0. The molecule has 1 aromatic heterocycles. The SMILES string of the molecule is Cc1cc(C)c(C(C)Nn2c(C)ccc2C)cc1C. The Morgan fingerprint density at radius 2 is 1.37 bits per heavy atom. The highest BCUT2D eigenvalue weighted by Crippen LogP contribution is 2.23. The van der Waals surface area contributed by atoms with E-state index in [9.17, 15) is 0 Å². The first-order valence-electron chi connectivity index (χ1n) is 6.89. The zero-order chi connectivity index (χ0) is 14.2. The molecule has 0 aliphatic heterocycles. The zero-order valence-corrected chi connectivity index (χ0v) is 12.8. The van der Waals surface area contributed by atoms with E-state index in [4.69, 9.17) is 0 Å². The summed E-state index contributed by atoms with van der Waals surface area (Å²) in [5.74, 6) is 0. The van der Waals surface area contributed by atoms with E-state index in [1.807, 2.05) is 0 Å². The van der Waals surface area contributed by atoms with Crippen molar-refractivity contribution in [3.63, 3.8) is 0 Å². The summed E-state index contributed by atoms with van der Waals surface area (Å²) in [6.07, 6.45) is 0. The van der Waals surface area contributed by atoms with E-state index in [1.54, 1.807) is 0 Å². The van der Waals surface area contributed by atoms with Crippen molar-refractivity contribution in [3.8, 4) is 0 Å². The number of rotatable bonds is 3. The smallest absolute Gasteiger partial charge is 0.0648 e. The van der Waals surface area contributed by atoms with Crippen molar-refractivity contribution in [1.82, 2.24) is 4.68 Å². The molecule has 1 unspecified atom stereocenters. The molecule has 2 nitrogen and oxygen atoms in total. The molecule has 0 amide bonds. The topological polar surface area (TPSA) is 17.0 Å². The molecule has 0 bridgehead atoms. The minimum Gasteiger partial charge on any atom is -0.319 e. The Morgan fingerprint density at radius 1 is 0.842 bits per heavy atom. The predicted octanol–water partition coefficient (Wildman–Crippen LogP) is 4.33. The van der Waals surface area contributed by atoms with Crippen LogP contribution in [0.1, 0.15) is 46.6 Å². The third-order valence-electron chi connectivity index (χ3n) is 3.94. The van der Waals surface area contributed by atoms with Gasteiger partial charge in [-0.05, 0) is 75.9 Å². The third kappa shape index (κ3) is 2.67. The highest BCUT2D eigenvalue weighted by molar-refractivity contribution is 5.39. The molecule has 0 saturated carbocycles. The van der Waals surface area contributed by atoms with Crippen LogP contribution in [0.5, 0.6) is 0 Å². The van der Waals surface area contributed by atoms with Gasteiger partial charge in [-0.15, -0.1) is 0 Å². The number of nitrogens with zero attached hydrogens (tertiary/aromatic N) is 1. The molecular formula is C17H24N2. The van der Waals surface area contributed by atoms with Crippen molar-refractivity contribution in [3.05, 3.63) is 57.9 Å². The third-order valence-corrected chi connectivity index (χ3v) is 3.94. The van der Waals surface area contributed by atoms with Crippen LogP contribution in [0, 0.1) is 34.6 Å². The second-order valence-corrected chi connectivity index (χ2v) is 5.60. The van der Waals surface area contributed by atoms with Gasteiger partial charge in [0.25, 0.3) is 0 Å². The summed E-state index contributed by atoms with van der Waals surface area (Å²) in [6, 6.07) is 9.16. The van der Waals surface area contributed by atoms with Gasteiger partial charge in [0.15, 0.2) is 0 Å². The molecule has 0 saturated heterocycles. The van der Waals surface area contributed by atoms with Crippen molar-refractivity contribution >= 4 is 0 Å². The van der Waals surface area contributed by atoms with E-state index < -0.39 is 0 Å². The Bertz CT molecular complexity index is 574. The average molecular weight is 256 g/mol. The Labute approximate surface area is 116 Å². The van der Waals surface area contributed by atoms with Crippen molar-refractivity contribution < 1.29 is 0 Å². The Hall–Kier alpha value is -1.70. The van der Waals surface area contributed by atoms with Crippen LogP contribution < -0.4 is 5.43 Å². The molecule has 2 rings (SSSR count). The minimum atomic E-state index is 0.295. The van der Waals surface area contributed by atoms with Crippen LogP contribution in [0.25, 0.3) is 0 Å². The molecule has 0 aliphatic rings. The molecule has 19 heavy (non-hydrogen) atoms. The number of nitrogens with one attached hydrogen (secondary N) is 1. The lowest BCUT2D eigenvalue weighted by Gasteiger charge is -2.22. The maximum Gasteiger partial charge on any atom is 0.0648 e. The lowest BCUT2D eigenvalue weighted by Crippen LogP contribution is -2.21. The van der Waals surface area contributed by atoms with Crippen LogP contribution in [-0.4, -0.2) is 4.68 Å². The van der Waals surface area contributed by atoms with E-state index in [-0.39, 0.29) is 0 Å². The van der Waals surface area contributed by atoms with Gasteiger partial charge in [0.1, 0.15) is 0 Å². The standard InChI is InChI=1S/C17H24N2/c1-11-9-13(3)17(10-12(11)2)16(6)18-19-14(4)7-8-15(19)5/h7-10,16,18H,1-6H3. The van der Waals surface area contributed by atoms with Gasteiger partial charge in [0.2, 0.25) is 0 Å². The molecule has 1 aromatic carbocycles. The zero-order valence-electron chi connectivity index (χ0n) is 12.8. The van der Waals surface area contributed by atoms with Gasteiger partial charge in [-0.25, -0.2) is 0 Å². The van der Waals surface area contributed by atoms with Gasteiger partial charge in [0.05, 0.1) is 6.04 Å². The quantitative estimate of drug-likeness (QED) is 0.864. The van der Waals surface area contributed by atoms with E-state index in [1.165, 1.54) is 33.6 Å². The van der Waals surface area contributed by atoms with Gasteiger partial charge in [-0.3, -0.25) is 4.68 Å². The van der Waals surface area contributed by atoms with E-state index >= 15 is 0 Å². The average Bonchev–Trinajstić information content (AvgIpc) is 2.65. The lowest BCUT2D eigenvalue weighted by atomic mass is 9.97. The minimum absolute atomic E-state index is 0.295. The van der Waals surface area contributed by atoms with Gasteiger partial charge < -0.3 is 5.43 Å². The maximum atomic E-state index is 3.58. The van der Waals surface area contributed by atoms with Gasteiger partial charge in [-0.2, -0.15) is 0 Å². The number of aryl methyl sites for hydroxylation is 5. The fourth-order valence-electron chi connectivity index (χ4n) is 2.58. The fourth-order valence-corrected chi connectivity index (χ4v) is 2.58. The van der Waals surface area contributed by atoms with Crippen LogP contribution >= 0.6 is 0 Å². The Morgan fingerprint density at radius 3 is 1.95 bits per heavy atom. The molecule has 1 heterocycles. The summed E-state index contributed by atoms with van der Waals surface area (Å²) >= 11 is 0. The van der Waals surface area contributed by atoms with Gasteiger partial charge in [0, 0.05) is 11.4 Å². The maximum absolute atomic E-state index is 3.58. The lowest BCUT2D eigenvalue weighted by molar-refractivity contribution is 0.695.